The second kappa shape index (κ2) is 8.34. The minimum atomic E-state index is -0.0153. The molecule has 0 spiro atoms. The van der Waals surface area contributed by atoms with E-state index in [0.29, 0.717) is 11.7 Å². The molecule has 1 saturated carbocycles. The van der Waals surface area contributed by atoms with E-state index >= 15 is 0 Å². The summed E-state index contributed by atoms with van der Waals surface area (Å²) in [5.74, 6) is 3.21. The molecular weight excluding hydrogens is 344 g/mol. The summed E-state index contributed by atoms with van der Waals surface area (Å²) in [5.41, 5.74) is 3.26. The molecule has 2 fully saturated rings. The van der Waals surface area contributed by atoms with Crippen LogP contribution in [-0.4, -0.2) is 58.3 Å². The van der Waals surface area contributed by atoms with Gasteiger partial charge >= 0.3 is 0 Å². The minimum absolute atomic E-state index is 0.0153. The van der Waals surface area contributed by atoms with Crippen LogP contribution < -0.4 is 5.32 Å². The fourth-order valence-corrected chi connectivity index (χ4v) is 5.92. The van der Waals surface area contributed by atoms with E-state index < -0.39 is 0 Å². The molecule has 0 bridgehead atoms. The van der Waals surface area contributed by atoms with Gasteiger partial charge < -0.3 is 5.32 Å². The molecular formula is C20H32N4OS. The summed E-state index contributed by atoms with van der Waals surface area (Å²) in [5, 5.41) is 7.63. The first-order chi connectivity index (χ1) is 12.8. The summed E-state index contributed by atoms with van der Waals surface area (Å²) in [7, 11) is 1.72. The van der Waals surface area contributed by atoms with E-state index in [0.717, 1.165) is 25.3 Å². The third kappa shape index (κ3) is 3.81. The first-order valence-electron chi connectivity index (χ1n) is 10.4. The molecule has 0 radical (unpaired) electrons. The monoisotopic (exact) mass is 376 g/mol. The standard InChI is InChI=1S/C20H32N4OS/c1-21-20(25)19-17-13-16(23-9-11-26-12-10-23)7-8-18(17)24(22-19)14-15-5-3-2-4-6-15/h15-16H,2-14H2,1H3,(H,21,25)/t16-/m0/s1. The number of rotatable bonds is 4. The number of fused-ring (bicyclic) bond motifs is 1. The van der Waals surface area contributed by atoms with Crippen molar-refractivity contribution in [1.82, 2.24) is 20.0 Å². The molecule has 144 valence electrons. The molecule has 0 aromatic carbocycles. The van der Waals surface area contributed by atoms with Crippen LogP contribution in [-0.2, 0) is 19.4 Å². The molecule has 5 nitrogen and oxygen atoms in total. The number of carbonyl (C=O) groups excluding carboxylic acids is 1. The van der Waals surface area contributed by atoms with Gasteiger partial charge in [0.15, 0.2) is 5.69 Å². The van der Waals surface area contributed by atoms with Crippen LogP contribution in [0.15, 0.2) is 0 Å². The highest BCUT2D eigenvalue weighted by Crippen LogP contribution is 2.31. The number of hydrogen-bond acceptors (Lipinski definition) is 4. The van der Waals surface area contributed by atoms with Crippen LogP contribution >= 0.6 is 11.8 Å². The van der Waals surface area contributed by atoms with Crippen molar-refractivity contribution in [3.05, 3.63) is 17.0 Å². The quantitative estimate of drug-likeness (QED) is 0.878. The summed E-state index contributed by atoms with van der Waals surface area (Å²) < 4.78 is 2.21. The third-order valence-electron chi connectivity index (χ3n) is 6.48. The summed E-state index contributed by atoms with van der Waals surface area (Å²) in [6, 6.07) is 0.583. The van der Waals surface area contributed by atoms with Crippen LogP contribution in [0.25, 0.3) is 0 Å². The number of amides is 1. The summed E-state index contributed by atoms with van der Waals surface area (Å²) >= 11 is 2.06. The molecule has 1 saturated heterocycles. The molecule has 1 aromatic rings. The highest BCUT2D eigenvalue weighted by atomic mass is 32.2. The first kappa shape index (κ1) is 18.4. The van der Waals surface area contributed by atoms with Crippen LogP contribution in [0.4, 0.5) is 0 Å². The molecule has 1 amide bonds. The Balaban J connectivity index is 1.56. The van der Waals surface area contributed by atoms with Crippen molar-refractivity contribution in [2.24, 2.45) is 5.92 Å². The highest BCUT2D eigenvalue weighted by molar-refractivity contribution is 7.99. The smallest absolute Gasteiger partial charge is 0.271 e. The fraction of sp³-hybridized carbons (Fsp3) is 0.800. The molecule has 1 N–H and O–H groups in total. The Bertz CT molecular complexity index is 632. The zero-order chi connectivity index (χ0) is 17.9. The molecule has 1 atom stereocenters. The van der Waals surface area contributed by atoms with Gasteiger partial charge in [0, 0.05) is 55.5 Å². The molecule has 4 rings (SSSR count). The van der Waals surface area contributed by atoms with Gasteiger partial charge in [0.2, 0.25) is 0 Å². The Kier molecular flexibility index (Phi) is 5.89. The second-order valence-corrected chi connectivity index (χ2v) is 9.31. The molecule has 2 aliphatic carbocycles. The van der Waals surface area contributed by atoms with Gasteiger partial charge in [0.25, 0.3) is 5.91 Å². The second-order valence-electron chi connectivity index (χ2n) is 8.08. The fourth-order valence-electron chi connectivity index (χ4n) is 4.99. The zero-order valence-corrected chi connectivity index (χ0v) is 16.8. The van der Waals surface area contributed by atoms with Crippen molar-refractivity contribution in [3.63, 3.8) is 0 Å². The Morgan fingerprint density at radius 3 is 2.69 bits per heavy atom. The number of hydrogen-bond donors (Lipinski definition) is 1. The van der Waals surface area contributed by atoms with E-state index in [1.807, 2.05) is 0 Å². The molecule has 1 aromatic heterocycles. The van der Waals surface area contributed by atoms with E-state index in [1.54, 1.807) is 7.05 Å². The van der Waals surface area contributed by atoms with Crippen molar-refractivity contribution in [3.8, 4) is 0 Å². The topological polar surface area (TPSA) is 50.2 Å². The summed E-state index contributed by atoms with van der Waals surface area (Å²) in [6.45, 7) is 3.39. The van der Waals surface area contributed by atoms with Gasteiger partial charge in [-0.1, -0.05) is 19.3 Å². The van der Waals surface area contributed by atoms with Gasteiger partial charge in [-0.2, -0.15) is 16.9 Å². The predicted octanol–water partition coefficient (Wildman–Crippen LogP) is 2.73. The molecule has 1 aliphatic heterocycles. The van der Waals surface area contributed by atoms with Gasteiger partial charge in [0.05, 0.1) is 0 Å². The molecule has 26 heavy (non-hydrogen) atoms. The van der Waals surface area contributed by atoms with E-state index in [2.05, 4.69) is 26.7 Å². The Morgan fingerprint density at radius 1 is 1.19 bits per heavy atom. The van der Waals surface area contributed by atoms with Crippen molar-refractivity contribution in [2.75, 3.05) is 31.6 Å². The van der Waals surface area contributed by atoms with E-state index in [1.165, 1.54) is 74.4 Å². The summed E-state index contributed by atoms with van der Waals surface area (Å²) in [6.07, 6.45) is 10.00. The Morgan fingerprint density at radius 2 is 1.96 bits per heavy atom. The van der Waals surface area contributed by atoms with Gasteiger partial charge in [-0.05, 0) is 38.0 Å². The van der Waals surface area contributed by atoms with Crippen molar-refractivity contribution in [2.45, 2.75) is 64.0 Å². The average molecular weight is 377 g/mol. The maximum absolute atomic E-state index is 12.5. The highest BCUT2D eigenvalue weighted by Gasteiger charge is 2.32. The maximum atomic E-state index is 12.5. The SMILES string of the molecule is CNC(=O)c1nn(CC2CCCCC2)c2c1C[C@@H](N1CCSCC1)CC2. The Hall–Kier alpha value is -1.01. The first-order valence-corrected chi connectivity index (χ1v) is 11.5. The largest absolute Gasteiger partial charge is 0.354 e. The lowest BCUT2D eigenvalue weighted by Crippen LogP contribution is -2.44. The van der Waals surface area contributed by atoms with Gasteiger partial charge in [0.1, 0.15) is 0 Å². The predicted molar refractivity (Wildman–Crippen MR) is 107 cm³/mol. The number of nitrogens with zero attached hydrogens (tertiary/aromatic N) is 3. The lowest BCUT2D eigenvalue weighted by atomic mass is 9.88. The van der Waals surface area contributed by atoms with Crippen LogP contribution in [0.1, 0.15) is 60.3 Å². The lowest BCUT2D eigenvalue weighted by molar-refractivity contribution is 0.0955. The van der Waals surface area contributed by atoms with E-state index in [4.69, 9.17) is 5.10 Å². The van der Waals surface area contributed by atoms with Crippen LogP contribution in [0.5, 0.6) is 0 Å². The van der Waals surface area contributed by atoms with Gasteiger partial charge in [-0.15, -0.1) is 0 Å². The number of carbonyl (C=O) groups is 1. The van der Waals surface area contributed by atoms with Crippen molar-refractivity contribution >= 4 is 17.7 Å². The summed E-state index contributed by atoms with van der Waals surface area (Å²) in [4.78, 5) is 15.1. The maximum Gasteiger partial charge on any atom is 0.271 e. The normalized spacial score (nSPS) is 25.0. The Labute approximate surface area is 161 Å². The van der Waals surface area contributed by atoms with Crippen molar-refractivity contribution in [1.29, 1.82) is 0 Å². The van der Waals surface area contributed by atoms with Gasteiger partial charge in [-0.25, -0.2) is 0 Å². The van der Waals surface area contributed by atoms with Crippen molar-refractivity contribution < 1.29 is 4.79 Å². The number of aromatic nitrogens is 2. The molecule has 2 heterocycles. The van der Waals surface area contributed by atoms with Crippen LogP contribution in [0.3, 0.4) is 0 Å². The average Bonchev–Trinajstić information content (AvgIpc) is 3.06. The zero-order valence-electron chi connectivity index (χ0n) is 16.0. The van der Waals surface area contributed by atoms with Crippen LogP contribution in [0.2, 0.25) is 0 Å². The molecule has 0 unspecified atom stereocenters. The molecule has 6 heteroatoms. The van der Waals surface area contributed by atoms with Crippen LogP contribution in [0, 0.1) is 5.92 Å². The molecule has 3 aliphatic rings. The lowest BCUT2D eigenvalue weighted by Gasteiger charge is -2.36. The minimum Gasteiger partial charge on any atom is -0.354 e. The van der Waals surface area contributed by atoms with E-state index in [9.17, 15) is 4.79 Å². The number of thioether (sulfide) groups is 1. The third-order valence-corrected chi connectivity index (χ3v) is 7.42. The van der Waals surface area contributed by atoms with E-state index in [-0.39, 0.29) is 5.91 Å². The van der Waals surface area contributed by atoms with Gasteiger partial charge in [-0.3, -0.25) is 14.4 Å². The number of nitrogens with one attached hydrogen (secondary N) is 1.